The molecule has 1 aliphatic rings. The highest BCUT2D eigenvalue weighted by atomic mass is 35.5. The second kappa shape index (κ2) is 16.7. The van der Waals surface area contributed by atoms with E-state index in [1.165, 1.54) is 41.3 Å². The van der Waals surface area contributed by atoms with Crippen LogP contribution in [0.2, 0.25) is 15.1 Å². The normalized spacial score (nSPS) is 14.5. The molecular weight excluding hydrogens is 746 g/mol. The molecule has 7 nitrogen and oxygen atoms in total. The molecule has 1 N–H and O–H groups in total. The van der Waals surface area contributed by atoms with Gasteiger partial charge in [-0.3, -0.25) is 13.9 Å². The van der Waals surface area contributed by atoms with Crippen LogP contribution in [0.25, 0.3) is 0 Å². The fourth-order valence-electron chi connectivity index (χ4n) is 6.05. The Morgan fingerprint density at radius 3 is 2.04 bits per heavy atom. The third kappa shape index (κ3) is 9.77. The van der Waals surface area contributed by atoms with Gasteiger partial charge in [-0.25, -0.2) is 8.42 Å². The third-order valence-corrected chi connectivity index (χ3v) is 11.5. The number of amides is 2. The van der Waals surface area contributed by atoms with Gasteiger partial charge in [0, 0.05) is 19.0 Å². The smallest absolute Gasteiger partial charge is 0.352 e. The maximum absolute atomic E-state index is 14.7. The molecule has 0 heterocycles. The van der Waals surface area contributed by atoms with E-state index in [-0.39, 0.29) is 39.0 Å². The van der Waals surface area contributed by atoms with Gasteiger partial charge in [-0.05, 0) is 66.4 Å². The highest BCUT2D eigenvalue weighted by molar-refractivity contribution is 7.92. The maximum Gasteiger partial charge on any atom is 0.416 e. The van der Waals surface area contributed by atoms with E-state index in [1.807, 2.05) is 6.07 Å². The second-order valence-electron chi connectivity index (χ2n) is 12.3. The number of anilines is 1. The zero-order valence-electron chi connectivity index (χ0n) is 27.3. The van der Waals surface area contributed by atoms with E-state index in [2.05, 4.69) is 5.32 Å². The average molecular weight is 781 g/mol. The lowest BCUT2D eigenvalue weighted by Gasteiger charge is -2.35. The Balaban J connectivity index is 1.62. The first-order valence-electron chi connectivity index (χ1n) is 16.3. The predicted molar refractivity (Wildman–Crippen MR) is 193 cm³/mol. The van der Waals surface area contributed by atoms with Gasteiger partial charge in [0.15, 0.2) is 0 Å². The van der Waals surface area contributed by atoms with E-state index in [0.717, 1.165) is 49.8 Å². The molecular formula is C37H35Cl3F3N3O4S. The van der Waals surface area contributed by atoms with E-state index in [9.17, 15) is 31.2 Å². The van der Waals surface area contributed by atoms with Gasteiger partial charge in [-0.15, -0.1) is 0 Å². The van der Waals surface area contributed by atoms with Crippen LogP contribution in [0.5, 0.6) is 0 Å². The van der Waals surface area contributed by atoms with Crippen LogP contribution >= 0.6 is 34.8 Å². The number of nitrogens with one attached hydrogen (secondary N) is 1. The number of carbonyl (C=O) groups is 2. The molecule has 14 heteroatoms. The van der Waals surface area contributed by atoms with Crippen molar-refractivity contribution >= 4 is 62.3 Å². The largest absolute Gasteiger partial charge is 0.416 e. The third-order valence-electron chi connectivity index (χ3n) is 8.71. The molecule has 0 bridgehead atoms. The minimum absolute atomic E-state index is 0.0577. The molecule has 4 aromatic rings. The van der Waals surface area contributed by atoms with Crippen molar-refractivity contribution < 1.29 is 31.2 Å². The van der Waals surface area contributed by atoms with Crippen LogP contribution in [0.3, 0.4) is 0 Å². The van der Waals surface area contributed by atoms with E-state index in [0.29, 0.717) is 15.9 Å². The summed E-state index contributed by atoms with van der Waals surface area (Å²) in [6.45, 7) is -1.19. The quantitative estimate of drug-likeness (QED) is 0.156. The van der Waals surface area contributed by atoms with Gasteiger partial charge < -0.3 is 10.2 Å². The summed E-state index contributed by atoms with van der Waals surface area (Å²) in [6, 6.07) is 21.6. The summed E-state index contributed by atoms with van der Waals surface area (Å²) < 4.78 is 70.7. The molecule has 51 heavy (non-hydrogen) atoms. The molecule has 1 atom stereocenters. The standard InChI is InChI=1S/C37H35Cl3F3N3O4S/c38-30-18-16-26(20-32(30)40)23-45(34(21-25-10-4-1-5-11-25)36(48)44-28-12-6-2-7-13-28)35(47)24-46(51(49,50)29-14-8-3-9-15-29)33-22-27(37(41,42)43)17-19-31(33)39/h1,3-5,8-11,14-20,22,28,34H,2,6-7,12-13,21,23-24H2,(H,44,48)/t34-/m0/s1. The summed E-state index contributed by atoms with van der Waals surface area (Å²) in [6.07, 6.45) is -0.338. The lowest BCUT2D eigenvalue weighted by molar-refractivity contribution is -0.140. The van der Waals surface area contributed by atoms with Crippen molar-refractivity contribution in [3.8, 4) is 0 Å². The summed E-state index contributed by atoms with van der Waals surface area (Å²) in [5.41, 5.74) is -0.507. The van der Waals surface area contributed by atoms with Crippen LogP contribution in [0.4, 0.5) is 18.9 Å². The van der Waals surface area contributed by atoms with Crippen molar-refractivity contribution in [2.45, 2.75) is 68.2 Å². The molecule has 0 aliphatic heterocycles. The van der Waals surface area contributed by atoms with Crippen molar-refractivity contribution in [3.63, 3.8) is 0 Å². The van der Waals surface area contributed by atoms with E-state index >= 15 is 0 Å². The molecule has 0 unspecified atom stereocenters. The molecule has 0 radical (unpaired) electrons. The fraction of sp³-hybridized carbons (Fsp3) is 0.297. The topological polar surface area (TPSA) is 86.8 Å². The number of halogens is 6. The van der Waals surface area contributed by atoms with Gasteiger partial charge in [0.25, 0.3) is 10.0 Å². The van der Waals surface area contributed by atoms with E-state index < -0.39 is 51.9 Å². The van der Waals surface area contributed by atoms with Crippen LogP contribution in [0.1, 0.15) is 48.8 Å². The van der Waals surface area contributed by atoms with E-state index in [1.54, 1.807) is 36.4 Å². The lowest BCUT2D eigenvalue weighted by Crippen LogP contribution is -2.55. The average Bonchev–Trinajstić information content (AvgIpc) is 3.11. The summed E-state index contributed by atoms with van der Waals surface area (Å²) in [5.74, 6) is -1.32. The number of benzene rings is 4. The Morgan fingerprint density at radius 2 is 1.41 bits per heavy atom. The first-order chi connectivity index (χ1) is 24.2. The van der Waals surface area contributed by atoms with Crippen molar-refractivity contribution in [1.82, 2.24) is 10.2 Å². The molecule has 1 saturated carbocycles. The van der Waals surface area contributed by atoms with Gasteiger partial charge >= 0.3 is 6.18 Å². The second-order valence-corrected chi connectivity index (χ2v) is 15.4. The first-order valence-corrected chi connectivity index (χ1v) is 18.8. The molecule has 0 aromatic heterocycles. The van der Waals surface area contributed by atoms with Gasteiger partial charge in [-0.2, -0.15) is 13.2 Å². The Labute approximate surface area is 310 Å². The number of hydrogen-bond donors (Lipinski definition) is 1. The van der Waals surface area contributed by atoms with Crippen LogP contribution in [0.15, 0.2) is 102 Å². The number of rotatable bonds is 12. The van der Waals surface area contributed by atoms with Crippen molar-refractivity contribution in [2.75, 3.05) is 10.8 Å². The number of alkyl halides is 3. The molecule has 1 aliphatic carbocycles. The lowest BCUT2D eigenvalue weighted by atomic mass is 9.94. The van der Waals surface area contributed by atoms with Crippen molar-refractivity contribution in [2.24, 2.45) is 0 Å². The number of sulfonamides is 1. The zero-order chi connectivity index (χ0) is 36.8. The minimum atomic E-state index is -4.84. The van der Waals surface area contributed by atoms with Gasteiger partial charge in [0.05, 0.1) is 31.2 Å². The molecule has 0 spiro atoms. The van der Waals surface area contributed by atoms with Crippen LogP contribution in [-0.2, 0) is 38.8 Å². The summed E-state index contributed by atoms with van der Waals surface area (Å²) in [5, 5.41) is 3.22. The Bertz CT molecular complexity index is 1950. The number of nitrogens with zero attached hydrogens (tertiary/aromatic N) is 2. The first kappa shape index (κ1) is 38.5. The molecule has 2 amide bonds. The Morgan fingerprint density at radius 1 is 0.784 bits per heavy atom. The van der Waals surface area contributed by atoms with Crippen molar-refractivity contribution in [3.05, 3.63) is 129 Å². The highest BCUT2D eigenvalue weighted by Crippen LogP contribution is 2.37. The SMILES string of the molecule is O=C(NC1CCCCC1)[C@H](Cc1ccccc1)N(Cc1ccc(Cl)c(Cl)c1)C(=O)CN(c1cc(C(F)(F)F)ccc1Cl)S(=O)(=O)c1ccccc1. The van der Waals surface area contributed by atoms with Crippen molar-refractivity contribution in [1.29, 1.82) is 0 Å². The van der Waals surface area contributed by atoms with Gasteiger partial charge in [0.2, 0.25) is 11.8 Å². The molecule has 5 rings (SSSR count). The van der Waals surface area contributed by atoms with Crippen LogP contribution in [0, 0.1) is 0 Å². The molecule has 4 aromatic carbocycles. The molecule has 0 saturated heterocycles. The van der Waals surface area contributed by atoms with Crippen LogP contribution < -0.4 is 9.62 Å². The van der Waals surface area contributed by atoms with Gasteiger partial charge in [-0.1, -0.05) is 109 Å². The van der Waals surface area contributed by atoms with E-state index in [4.69, 9.17) is 34.8 Å². The Hall–Kier alpha value is -3.77. The fourth-order valence-corrected chi connectivity index (χ4v) is 8.08. The van der Waals surface area contributed by atoms with Gasteiger partial charge in [0.1, 0.15) is 12.6 Å². The monoisotopic (exact) mass is 779 g/mol. The zero-order valence-corrected chi connectivity index (χ0v) is 30.3. The molecule has 1 fully saturated rings. The molecule has 270 valence electrons. The minimum Gasteiger partial charge on any atom is -0.352 e. The maximum atomic E-state index is 14.7. The van der Waals surface area contributed by atoms with Crippen LogP contribution in [-0.4, -0.2) is 43.8 Å². The summed E-state index contributed by atoms with van der Waals surface area (Å²) in [7, 11) is -4.69. The summed E-state index contributed by atoms with van der Waals surface area (Å²) in [4.78, 5) is 29.9. The number of carbonyl (C=O) groups excluding carboxylic acids is 2. The number of hydrogen-bond acceptors (Lipinski definition) is 4. The summed E-state index contributed by atoms with van der Waals surface area (Å²) >= 11 is 18.9. The predicted octanol–water partition coefficient (Wildman–Crippen LogP) is 8.95. The Kier molecular flexibility index (Phi) is 12.6. The highest BCUT2D eigenvalue weighted by Gasteiger charge is 2.38.